The molecular formula is C13H17N3O2S. The molecule has 5 nitrogen and oxygen atoms in total. The number of ether oxygens (including phenoxy) is 1. The number of aromatic amines is 1. The average Bonchev–Trinajstić information content (AvgIpc) is 2.77. The molecule has 1 aromatic heterocycles. The number of carbonyl (C=O) groups excluding carboxylic acids is 1. The number of hydrogen-bond donors (Lipinski definition) is 2. The summed E-state index contributed by atoms with van der Waals surface area (Å²) < 4.78 is 4.86. The van der Waals surface area contributed by atoms with E-state index in [4.69, 9.17) is 10.5 Å². The van der Waals surface area contributed by atoms with Gasteiger partial charge in [-0.25, -0.2) is 4.98 Å². The molecule has 102 valence electrons. The molecule has 2 rings (SSSR count). The van der Waals surface area contributed by atoms with Crippen LogP contribution in [0.4, 0.5) is 5.69 Å². The Kier molecular flexibility index (Phi) is 4.68. The van der Waals surface area contributed by atoms with Gasteiger partial charge < -0.3 is 15.5 Å². The van der Waals surface area contributed by atoms with Crippen LogP contribution in [0.15, 0.2) is 18.2 Å². The predicted molar refractivity (Wildman–Crippen MR) is 78.2 cm³/mol. The number of nitrogens with one attached hydrogen (secondary N) is 1. The number of hydrogen-bond acceptors (Lipinski definition) is 5. The Morgan fingerprint density at radius 3 is 3.16 bits per heavy atom. The van der Waals surface area contributed by atoms with Crippen molar-refractivity contribution < 1.29 is 9.53 Å². The molecule has 0 aliphatic carbocycles. The van der Waals surface area contributed by atoms with Gasteiger partial charge in [0.25, 0.3) is 0 Å². The van der Waals surface area contributed by atoms with Gasteiger partial charge in [-0.2, -0.15) is 0 Å². The predicted octanol–water partition coefficient (Wildman–Crippen LogP) is 1.98. The van der Waals surface area contributed by atoms with Crippen molar-refractivity contribution in [3.63, 3.8) is 0 Å². The first-order valence-electron chi connectivity index (χ1n) is 6.16. The molecule has 19 heavy (non-hydrogen) atoms. The summed E-state index contributed by atoms with van der Waals surface area (Å²) >= 11 is 1.55. The van der Waals surface area contributed by atoms with E-state index in [0.717, 1.165) is 34.7 Å². The Morgan fingerprint density at radius 2 is 2.37 bits per heavy atom. The van der Waals surface area contributed by atoms with Gasteiger partial charge in [0.1, 0.15) is 5.82 Å². The minimum Gasteiger partial charge on any atom is -0.465 e. The molecule has 2 aromatic rings. The third-order valence-corrected chi connectivity index (χ3v) is 3.50. The van der Waals surface area contributed by atoms with E-state index in [2.05, 4.69) is 9.97 Å². The van der Waals surface area contributed by atoms with Crippen molar-refractivity contribution in [2.45, 2.75) is 13.3 Å². The number of H-pyrrole nitrogens is 1. The Balaban J connectivity index is 1.83. The number of nitrogens with two attached hydrogens (primary N) is 1. The number of aromatic nitrogens is 2. The first-order valence-corrected chi connectivity index (χ1v) is 7.32. The molecule has 0 amide bonds. The molecule has 1 heterocycles. The summed E-state index contributed by atoms with van der Waals surface area (Å²) in [7, 11) is 0. The van der Waals surface area contributed by atoms with E-state index in [1.54, 1.807) is 11.8 Å². The maximum absolute atomic E-state index is 11.2. The molecule has 0 spiro atoms. The van der Waals surface area contributed by atoms with Crippen LogP contribution in [0.5, 0.6) is 0 Å². The third kappa shape index (κ3) is 3.89. The number of esters is 1. The van der Waals surface area contributed by atoms with Gasteiger partial charge in [0.15, 0.2) is 0 Å². The number of nitrogen functional groups attached to an aromatic ring is 1. The number of nitrogens with zero attached hydrogens (tertiary/aromatic N) is 1. The lowest BCUT2D eigenvalue weighted by Gasteiger charge is -2.00. The fourth-order valence-corrected chi connectivity index (χ4v) is 2.46. The van der Waals surface area contributed by atoms with Crippen LogP contribution >= 0.6 is 11.8 Å². The first kappa shape index (κ1) is 13.7. The number of aryl methyl sites for hydroxylation is 1. The summed E-state index contributed by atoms with van der Waals surface area (Å²) in [5.74, 6) is 1.97. The van der Waals surface area contributed by atoms with Crippen LogP contribution in [0.1, 0.15) is 12.7 Å². The topological polar surface area (TPSA) is 81.0 Å². The van der Waals surface area contributed by atoms with Gasteiger partial charge >= 0.3 is 5.97 Å². The number of imidazole rings is 1. The maximum atomic E-state index is 11.2. The highest BCUT2D eigenvalue weighted by Crippen LogP contribution is 2.16. The van der Waals surface area contributed by atoms with Crippen LogP contribution in [0.3, 0.4) is 0 Å². The summed E-state index contributed by atoms with van der Waals surface area (Å²) in [5, 5.41) is 0. The van der Waals surface area contributed by atoms with E-state index in [0.29, 0.717) is 12.4 Å². The Bertz CT molecular complexity index is 568. The van der Waals surface area contributed by atoms with Gasteiger partial charge in [-0.15, -0.1) is 11.8 Å². The highest BCUT2D eigenvalue weighted by atomic mass is 32.2. The van der Waals surface area contributed by atoms with Gasteiger partial charge in [-0.1, -0.05) is 0 Å². The lowest BCUT2D eigenvalue weighted by Crippen LogP contribution is -2.07. The minimum absolute atomic E-state index is 0.162. The number of anilines is 1. The van der Waals surface area contributed by atoms with Crippen LogP contribution in [-0.4, -0.2) is 34.0 Å². The fourth-order valence-electron chi connectivity index (χ4n) is 1.73. The van der Waals surface area contributed by atoms with Crippen molar-refractivity contribution in [2.75, 3.05) is 23.8 Å². The molecule has 0 fully saturated rings. The molecule has 0 aliphatic heterocycles. The van der Waals surface area contributed by atoms with E-state index >= 15 is 0 Å². The van der Waals surface area contributed by atoms with E-state index in [1.165, 1.54) is 0 Å². The maximum Gasteiger partial charge on any atom is 0.315 e. The first-order chi connectivity index (χ1) is 9.19. The van der Waals surface area contributed by atoms with Crippen molar-refractivity contribution in [1.29, 1.82) is 0 Å². The summed E-state index contributed by atoms with van der Waals surface area (Å²) in [5.41, 5.74) is 8.30. The SMILES string of the molecule is CCOC(=O)CSCCc1nc2ccc(N)cc2[nH]1. The monoisotopic (exact) mass is 279 g/mol. The molecular weight excluding hydrogens is 262 g/mol. The fraction of sp³-hybridized carbons (Fsp3) is 0.385. The highest BCUT2D eigenvalue weighted by Gasteiger charge is 2.05. The number of carbonyl (C=O) groups is 1. The number of benzene rings is 1. The second-order valence-corrected chi connectivity index (χ2v) is 5.17. The highest BCUT2D eigenvalue weighted by molar-refractivity contribution is 7.99. The Labute approximate surface area is 115 Å². The average molecular weight is 279 g/mol. The lowest BCUT2D eigenvalue weighted by atomic mass is 10.3. The lowest BCUT2D eigenvalue weighted by molar-refractivity contribution is -0.139. The number of fused-ring (bicyclic) bond motifs is 1. The molecule has 0 atom stereocenters. The number of thioether (sulfide) groups is 1. The molecule has 0 aliphatic rings. The van der Waals surface area contributed by atoms with Crippen LogP contribution < -0.4 is 5.73 Å². The van der Waals surface area contributed by atoms with Crippen molar-refractivity contribution in [3.8, 4) is 0 Å². The van der Waals surface area contributed by atoms with Crippen LogP contribution in [-0.2, 0) is 16.0 Å². The zero-order chi connectivity index (χ0) is 13.7. The molecule has 0 saturated heterocycles. The molecule has 0 unspecified atom stereocenters. The van der Waals surface area contributed by atoms with E-state index in [-0.39, 0.29) is 5.97 Å². The summed E-state index contributed by atoms with van der Waals surface area (Å²) in [6, 6.07) is 5.61. The van der Waals surface area contributed by atoms with Crippen molar-refractivity contribution in [2.24, 2.45) is 0 Å². The van der Waals surface area contributed by atoms with Crippen molar-refractivity contribution >= 4 is 34.5 Å². The van der Waals surface area contributed by atoms with Crippen LogP contribution in [0.25, 0.3) is 11.0 Å². The number of rotatable bonds is 6. The smallest absolute Gasteiger partial charge is 0.315 e. The summed E-state index contributed by atoms with van der Waals surface area (Å²) in [6.45, 7) is 2.24. The Morgan fingerprint density at radius 1 is 1.53 bits per heavy atom. The van der Waals surface area contributed by atoms with Crippen molar-refractivity contribution in [1.82, 2.24) is 9.97 Å². The largest absolute Gasteiger partial charge is 0.465 e. The van der Waals surface area contributed by atoms with Gasteiger partial charge in [-0.3, -0.25) is 4.79 Å². The second kappa shape index (κ2) is 6.47. The zero-order valence-electron chi connectivity index (χ0n) is 10.8. The summed E-state index contributed by atoms with van der Waals surface area (Å²) in [4.78, 5) is 18.8. The molecule has 0 saturated carbocycles. The van der Waals surface area contributed by atoms with E-state index in [1.807, 2.05) is 25.1 Å². The second-order valence-electron chi connectivity index (χ2n) is 4.07. The molecule has 6 heteroatoms. The standard InChI is InChI=1S/C13H17N3O2S/c1-2-18-13(17)8-19-6-5-12-15-10-4-3-9(14)7-11(10)16-12/h3-4,7H,2,5-6,8,14H2,1H3,(H,15,16). The van der Waals surface area contributed by atoms with Crippen LogP contribution in [0, 0.1) is 0 Å². The van der Waals surface area contributed by atoms with Gasteiger partial charge in [0.2, 0.25) is 0 Å². The van der Waals surface area contributed by atoms with E-state index in [9.17, 15) is 4.79 Å². The molecule has 0 bridgehead atoms. The normalized spacial score (nSPS) is 10.8. The van der Waals surface area contributed by atoms with Crippen LogP contribution in [0.2, 0.25) is 0 Å². The minimum atomic E-state index is -0.162. The van der Waals surface area contributed by atoms with Gasteiger partial charge in [0, 0.05) is 17.9 Å². The van der Waals surface area contributed by atoms with Crippen molar-refractivity contribution in [3.05, 3.63) is 24.0 Å². The van der Waals surface area contributed by atoms with Gasteiger partial charge in [-0.05, 0) is 25.1 Å². The quantitative estimate of drug-likeness (QED) is 0.480. The third-order valence-electron chi connectivity index (χ3n) is 2.56. The molecule has 3 N–H and O–H groups in total. The van der Waals surface area contributed by atoms with Gasteiger partial charge in [0.05, 0.1) is 23.4 Å². The zero-order valence-corrected chi connectivity index (χ0v) is 11.6. The summed E-state index contributed by atoms with van der Waals surface area (Å²) in [6.07, 6.45) is 0.790. The molecule has 0 radical (unpaired) electrons. The van der Waals surface area contributed by atoms with E-state index < -0.39 is 0 Å². The molecule has 1 aromatic carbocycles. The Hall–Kier alpha value is -1.69.